The number of H-pyrrole nitrogens is 1. The van der Waals surface area contributed by atoms with E-state index in [0.717, 1.165) is 5.56 Å². The van der Waals surface area contributed by atoms with Crippen molar-refractivity contribution in [2.24, 2.45) is 5.92 Å². The maximum atomic E-state index is 13.2. The van der Waals surface area contributed by atoms with Gasteiger partial charge in [-0.2, -0.15) is 10.2 Å². The van der Waals surface area contributed by atoms with E-state index in [9.17, 15) is 20.0 Å². The zero-order chi connectivity index (χ0) is 24.5. The van der Waals surface area contributed by atoms with Crippen LogP contribution in [0.5, 0.6) is 23.0 Å². The van der Waals surface area contributed by atoms with Crippen LogP contribution in [0.4, 0.5) is 11.8 Å². The lowest BCUT2D eigenvalue weighted by atomic mass is 9.78. The van der Waals surface area contributed by atoms with Crippen LogP contribution in [0.25, 0.3) is 0 Å². The van der Waals surface area contributed by atoms with Gasteiger partial charge in [0, 0.05) is 18.0 Å². The smallest absolute Gasteiger partial charge is 0.258 e. The molecule has 4 N–H and O–H groups in total. The molecule has 2 aliphatic heterocycles. The minimum atomic E-state index is -1.25. The number of methoxy groups -OCH3 is 1. The second kappa shape index (κ2) is 8.90. The van der Waals surface area contributed by atoms with Crippen LogP contribution in [0, 0.1) is 17.2 Å². The second-order valence-corrected chi connectivity index (χ2v) is 7.98. The first-order valence-corrected chi connectivity index (χ1v) is 10.8. The molecular weight excluding hydrogens is 454 g/mol. The van der Waals surface area contributed by atoms with Crippen LogP contribution in [-0.4, -0.2) is 41.3 Å². The average Bonchev–Trinajstić information content (AvgIpc) is 2.86. The van der Waals surface area contributed by atoms with Crippen LogP contribution in [0.3, 0.4) is 0 Å². The summed E-state index contributed by atoms with van der Waals surface area (Å²) in [6.07, 6.45) is 0. The number of amides is 1. The van der Waals surface area contributed by atoms with Crippen molar-refractivity contribution in [3.8, 4) is 29.1 Å². The molecule has 3 heterocycles. The quantitative estimate of drug-likeness (QED) is 0.433. The lowest BCUT2D eigenvalue weighted by Crippen LogP contribution is -2.38. The van der Waals surface area contributed by atoms with Crippen molar-refractivity contribution >= 4 is 17.7 Å². The molecule has 0 radical (unpaired) electrons. The molecule has 35 heavy (non-hydrogen) atoms. The standard InChI is InChI=1S/C24H21N5O6/c1-33-16-4-2-3-13(20(16)30)18-14(10-25)22(31)27-21-19(18)23(32)29-24(28-21)26-11-12-5-6-15-17(9-12)35-8-7-34-15/h2-6,9,14,18,30H,7-8,11H2,1H3,(H3,26,27,28,29,31,32). The number of fused-ring (bicyclic) bond motifs is 2. The van der Waals surface area contributed by atoms with E-state index < -0.39 is 23.3 Å². The number of phenols is 1. The number of nitrogens with zero attached hydrogens (tertiary/aromatic N) is 2. The summed E-state index contributed by atoms with van der Waals surface area (Å²) in [6, 6.07) is 12.1. The Bertz CT molecular complexity index is 1410. The summed E-state index contributed by atoms with van der Waals surface area (Å²) >= 11 is 0. The number of carbonyl (C=O) groups excluding carboxylic acids is 1. The summed E-state index contributed by atoms with van der Waals surface area (Å²) in [4.78, 5) is 32.9. The van der Waals surface area contributed by atoms with Crippen LogP contribution >= 0.6 is 0 Å². The Hall–Kier alpha value is -4.72. The average molecular weight is 475 g/mol. The van der Waals surface area contributed by atoms with Crippen molar-refractivity contribution in [3.63, 3.8) is 0 Å². The van der Waals surface area contributed by atoms with Gasteiger partial charge in [-0.05, 0) is 23.8 Å². The number of para-hydroxylation sites is 1. The van der Waals surface area contributed by atoms with Gasteiger partial charge in [0.25, 0.3) is 5.56 Å². The molecule has 2 atom stereocenters. The van der Waals surface area contributed by atoms with Crippen LogP contribution in [0.2, 0.25) is 0 Å². The first kappa shape index (κ1) is 22.1. The van der Waals surface area contributed by atoms with Gasteiger partial charge in [0.2, 0.25) is 11.9 Å². The Morgan fingerprint density at radius 2 is 2.03 bits per heavy atom. The topological polar surface area (TPSA) is 159 Å². The van der Waals surface area contributed by atoms with E-state index in [4.69, 9.17) is 14.2 Å². The van der Waals surface area contributed by atoms with Crippen molar-refractivity contribution in [3.05, 3.63) is 63.4 Å². The summed E-state index contributed by atoms with van der Waals surface area (Å²) in [5.41, 5.74) is 0.607. The van der Waals surface area contributed by atoms with Gasteiger partial charge in [-0.1, -0.05) is 18.2 Å². The fourth-order valence-corrected chi connectivity index (χ4v) is 4.27. The van der Waals surface area contributed by atoms with Crippen LogP contribution in [0.1, 0.15) is 22.6 Å². The van der Waals surface area contributed by atoms with Crippen molar-refractivity contribution < 1.29 is 24.1 Å². The minimum absolute atomic E-state index is 0.0159. The van der Waals surface area contributed by atoms with Gasteiger partial charge < -0.3 is 30.0 Å². The number of phenolic OH excluding ortho intramolecular Hbond substituents is 1. The Balaban J connectivity index is 1.49. The molecular formula is C24H21N5O6. The molecule has 2 aromatic carbocycles. The molecule has 178 valence electrons. The van der Waals surface area contributed by atoms with Gasteiger partial charge in [-0.3, -0.25) is 14.6 Å². The Morgan fingerprint density at radius 3 is 2.80 bits per heavy atom. The molecule has 0 fully saturated rings. The third-order valence-electron chi connectivity index (χ3n) is 5.91. The van der Waals surface area contributed by atoms with Crippen molar-refractivity contribution in [2.45, 2.75) is 12.5 Å². The van der Waals surface area contributed by atoms with Crippen molar-refractivity contribution in [2.75, 3.05) is 31.0 Å². The van der Waals surface area contributed by atoms with E-state index in [0.29, 0.717) is 31.3 Å². The van der Waals surface area contributed by atoms with E-state index in [2.05, 4.69) is 20.6 Å². The number of ether oxygens (including phenoxy) is 3. The highest BCUT2D eigenvalue weighted by Gasteiger charge is 2.41. The van der Waals surface area contributed by atoms with Crippen LogP contribution in [-0.2, 0) is 11.3 Å². The summed E-state index contributed by atoms with van der Waals surface area (Å²) < 4.78 is 16.3. The van der Waals surface area contributed by atoms with Gasteiger partial charge >= 0.3 is 0 Å². The molecule has 0 saturated carbocycles. The Labute approximate surface area is 199 Å². The number of aromatic nitrogens is 2. The highest BCUT2D eigenvalue weighted by Crippen LogP contribution is 2.44. The molecule has 0 spiro atoms. The van der Waals surface area contributed by atoms with E-state index >= 15 is 0 Å². The number of aromatic amines is 1. The van der Waals surface area contributed by atoms with Gasteiger partial charge in [0.1, 0.15) is 24.9 Å². The number of hydrogen-bond acceptors (Lipinski definition) is 9. The molecule has 0 aliphatic carbocycles. The van der Waals surface area contributed by atoms with Crippen LogP contribution in [0.15, 0.2) is 41.2 Å². The van der Waals surface area contributed by atoms with Gasteiger partial charge in [-0.15, -0.1) is 0 Å². The predicted octanol–water partition coefficient (Wildman–Crippen LogP) is 2.09. The first-order valence-electron chi connectivity index (χ1n) is 10.8. The predicted molar refractivity (Wildman–Crippen MR) is 124 cm³/mol. The first-order chi connectivity index (χ1) is 17.0. The molecule has 2 unspecified atom stereocenters. The van der Waals surface area contributed by atoms with Gasteiger partial charge in [-0.25, -0.2) is 0 Å². The molecule has 0 saturated heterocycles. The summed E-state index contributed by atoms with van der Waals surface area (Å²) in [5, 5.41) is 25.9. The number of carbonyl (C=O) groups is 1. The third-order valence-corrected chi connectivity index (χ3v) is 5.91. The maximum Gasteiger partial charge on any atom is 0.258 e. The molecule has 2 aliphatic rings. The van der Waals surface area contributed by atoms with E-state index in [-0.39, 0.29) is 34.4 Å². The molecule has 11 nitrogen and oxygen atoms in total. The number of aromatic hydroxyl groups is 1. The zero-order valence-corrected chi connectivity index (χ0v) is 18.6. The number of nitriles is 1. The SMILES string of the molecule is COc1cccc(C2c3c(nc(NCc4ccc5c(c4)OCCO5)[nH]c3=O)NC(=O)C2C#N)c1O. The fourth-order valence-electron chi connectivity index (χ4n) is 4.27. The van der Waals surface area contributed by atoms with E-state index in [1.165, 1.54) is 13.2 Å². The molecule has 1 amide bonds. The third kappa shape index (κ3) is 3.95. The van der Waals surface area contributed by atoms with Gasteiger partial charge in [0.15, 0.2) is 23.0 Å². The fraction of sp³-hybridized carbons (Fsp3) is 0.250. The lowest BCUT2D eigenvalue weighted by Gasteiger charge is -2.29. The van der Waals surface area contributed by atoms with Crippen molar-refractivity contribution in [1.82, 2.24) is 9.97 Å². The Kier molecular flexibility index (Phi) is 5.62. The highest BCUT2D eigenvalue weighted by atomic mass is 16.6. The monoisotopic (exact) mass is 475 g/mol. The number of nitrogens with one attached hydrogen (secondary N) is 3. The molecule has 0 bridgehead atoms. The van der Waals surface area contributed by atoms with E-state index in [1.54, 1.807) is 12.1 Å². The minimum Gasteiger partial charge on any atom is -0.504 e. The zero-order valence-electron chi connectivity index (χ0n) is 18.6. The number of hydrogen-bond donors (Lipinski definition) is 4. The summed E-state index contributed by atoms with van der Waals surface area (Å²) in [7, 11) is 1.39. The number of anilines is 2. The van der Waals surface area contributed by atoms with Gasteiger partial charge in [0.05, 0.1) is 18.7 Å². The largest absolute Gasteiger partial charge is 0.504 e. The van der Waals surface area contributed by atoms with E-state index in [1.807, 2.05) is 24.3 Å². The molecule has 5 rings (SSSR count). The Morgan fingerprint density at radius 1 is 1.23 bits per heavy atom. The number of benzene rings is 2. The highest BCUT2D eigenvalue weighted by molar-refractivity contribution is 5.98. The molecule has 3 aromatic rings. The lowest BCUT2D eigenvalue weighted by molar-refractivity contribution is -0.119. The van der Waals surface area contributed by atoms with Crippen molar-refractivity contribution in [1.29, 1.82) is 5.26 Å². The normalized spacial score (nSPS) is 18.1. The molecule has 11 heteroatoms. The maximum absolute atomic E-state index is 13.2. The number of rotatable bonds is 5. The second-order valence-electron chi connectivity index (χ2n) is 7.98. The van der Waals surface area contributed by atoms with Crippen LogP contribution < -0.4 is 30.4 Å². The summed E-state index contributed by atoms with van der Waals surface area (Å²) in [5.74, 6) is -1.55. The summed E-state index contributed by atoms with van der Waals surface area (Å²) in [6.45, 7) is 1.28. The molecule has 1 aromatic heterocycles.